The Balaban J connectivity index is 2.15. The van der Waals surface area contributed by atoms with E-state index >= 15 is 0 Å². The fourth-order valence-electron chi connectivity index (χ4n) is 1.70. The normalized spacial score (nSPS) is 19.0. The molecule has 104 valence electrons. The van der Waals surface area contributed by atoms with Crippen LogP contribution >= 0.6 is 11.6 Å². The average Bonchev–Trinajstić information content (AvgIpc) is 2.46. The van der Waals surface area contributed by atoms with Gasteiger partial charge in [-0.1, -0.05) is 11.6 Å². The molecule has 2 rings (SSSR count). The summed E-state index contributed by atoms with van der Waals surface area (Å²) in [4.78, 5) is 21.5. The number of amides is 1. The van der Waals surface area contributed by atoms with E-state index in [2.05, 4.69) is 15.3 Å². The van der Waals surface area contributed by atoms with Gasteiger partial charge in [0.05, 0.1) is 13.7 Å². The molecule has 1 aromatic rings. The highest BCUT2D eigenvalue weighted by Gasteiger charge is 2.26. The van der Waals surface area contributed by atoms with Crippen molar-refractivity contribution in [1.82, 2.24) is 15.3 Å². The van der Waals surface area contributed by atoms with Crippen LogP contribution in [0, 0.1) is 0 Å². The van der Waals surface area contributed by atoms with Gasteiger partial charge in [0.15, 0.2) is 0 Å². The van der Waals surface area contributed by atoms with Crippen LogP contribution in [0.3, 0.4) is 0 Å². The second kappa shape index (κ2) is 6.14. The number of morpholine rings is 1. The third kappa shape index (κ3) is 3.31. The molecule has 8 heteroatoms. The van der Waals surface area contributed by atoms with Crippen LogP contribution in [0.15, 0.2) is 6.07 Å². The van der Waals surface area contributed by atoms with E-state index in [9.17, 15) is 4.79 Å². The molecule has 2 heterocycles. The van der Waals surface area contributed by atoms with Gasteiger partial charge in [-0.3, -0.25) is 9.69 Å². The van der Waals surface area contributed by atoms with Crippen LogP contribution in [-0.4, -0.2) is 55.8 Å². The molecular formula is C11H15ClN4O3. The van der Waals surface area contributed by atoms with Crippen LogP contribution < -0.4 is 15.0 Å². The molecule has 1 atom stereocenters. The van der Waals surface area contributed by atoms with Crippen LogP contribution in [-0.2, 0) is 9.53 Å². The summed E-state index contributed by atoms with van der Waals surface area (Å²) in [5.41, 5.74) is 0. The van der Waals surface area contributed by atoms with Crippen molar-refractivity contribution in [1.29, 1.82) is 0 Å². The lowest BCUT2D eigenvalue weighted by molar-refractivity contribution is -0.131. The lowest BCUT2D eigenvalue weighted by atomic mass is 10.2. The van der Waals surface area contributed by atoms with Crippen molar-refractivity contribution in [2.24, 2.45) is 0 Å². The molecule has 0 spiro atoms. The summed E-state index contributed by atoms with van der Waals surface area (Å²) in [5.74, 6) is 0.181. The van der Waals surface area contributed by atoms with Crippen molar-refractivity contribution >= 4 is 23.3 Å². The molecule has 0 radical (unpaired) electrons. The summed E-state index contributed by atoms with van der Waals surface area (Å²) in [6, 6.07) is 1.61. The van der Waals surface area contributed by atoms with Gasteiger partial charge in [0, 0.05) is 26.2 Å². The monoisotopic (exact) mass is 286 g/mol. The standard InChI is InChI=1S/C11H15ClN4O3/c1-16(10(17)7-6-13-3-4-19-7)9-5-8(12)14-11(15-9)18-2/h5,7,13H,3-4,6H2,1-2H3. The third-order valence-electron chi connectivity index (χ3n) is 2.72. The van der Waals surface area contributed by atoms with Gasteiger partial charge in [-0.2, -0.15) is 9.97 Å². The molecule has 1 aliphatic heterocycles. The number of carbonyl (C=O) groups is 1. The van der Waals surface area contributed by atoms with Crippen molar-refractivity contribution in [2.75, 3.05) is 38.8 Å². The summed E-state index contributed by atoms with van der Waals surface area (Å²) in [6.07, 6.45) is -0.515. The summed E-state index contributed by atoms with van der Waals surface area (Å²) in [7, 11) is 3.05. The first-order chi connectivity index (χ1) is 9.11. The van der Waals surface area contributed by atoms with Gasteiger partial charge in [0.1, 0.15) is 17.1 Å². The van der Waals surface area contributed by atoms with Gasteiger partial charge >= 0.3 is 6.01 Å². The number of carbonyl (C=O) groups excluding carboxylic acids is 1. The zero-order valence-electron chi connectivity index (χ0n) is 10.7. The number of halogens is 1. The number of hydrogen-bond donors (Lipinski definition) is 1. The molecule has 0 saturated carbocycles. The Hall–Kier alpha value is -1.44. The van der Waals surface area contributed by atoms with Crippen molar-refractivity contribution in [2.45, 2.75) is 6.10 Å². The number of methoxy groups -OCH3 is 1. The molecule has 1 aromatic heterocycles. The molecule has 1 unspecified atom stereocenters. The molecule has 0 bridgehead atoms. The Morgan fingerprint density at radius 2 is 2.42 bits per heavy atom. The first kappa shape index (κ1) is 14.0. The fraction of sp³-hybridized carbons (Fsp3) is 0.545. The lowest BCUT2D eigenvalue weighted by Gasteiger charge is -2.26. The predicted octanol–water partition coefficient (Wildman–Crippen LogP) is 0.0898. The molecule has 1 aliphatic rings. The van der Waals surface area contributed by atoms with Crippen molar-refractivity contribution < 1.29 is 14.3 Å². The molecule has 7 nitrogen and oxygen atoms in total. The van der Waals surface area contributed by atoms with Crippen LogP contribution in [0.2, 0.25) is 5.15 Å². The third-order valence-corrected chi connectivity index (χ3v) is 2.91. The Labute approximate surface area is 115 Å². The highest BCUT2D eigenvalue weighted by Crippen LogP contribution is 2.19. The van der Waals surface area contributed by atoms with Gasteiger partial charge in [0.25, 0.3) is 5.91 Å². The number of rotatable bonds is 3. The molecule has 1 saturated heterocycles. The van der Waals surface area contributed by atoms with Gasteiger partial charge in [-0.25, -0.2) is 0 Å². The van der Waals surface area contributed by atoms with Gasteiger partial charge < -0.3 is 14.8 Å². The summed E-state index contributed by atoms with van der Waals surface area (Å²) >= 11 is 5.85. The quantitative estimate of drug-likeness (QED) is 0.794. The molecule has 19 heavy (non-hydrogen) atoms. The number of hydrogen-bond acceptors (Lipinski definition) is 6. The maximum Gasteiger partial charge on any atom is 0.319 e. The SMILES string of the molecule is COc1nc(Cl)cc(N(C)C(=O)C2CNCCO2)n1. The van der Waals surface area contributed by atoms with Crippen molar-refractivity contribution in [3.05, 3.63) is 11.2 Å². The topological polar surface area (TPSA) is 76.6 Å². The first-order valence-corrected chi connectivity index (χ1v) is 6.18. The Morgan fingerprint density at radius 1 is 1.63 bits per heavy atom. The van der Waals surface area contributed by atoms with Crippen molar-refractivity contribution in [3.63, 3.8) is 0 Å². The van der Waals surface area contributed by atoms with E-state index in [1.807, 2.05) is 0 Å². The van der Waals surface area contributed by atoms with E-state index in [1.54, 1.807) is 7.05 Å². The van der Waals surface area contributed by atoms with E-state index in [1.165, 1.54) is 18.1 Å². The molecular weight excluding hydrogens is 272 g/mol. The van der Waals surface area contributed by atoms with Crippen molar-refractivity contribution in [3.8, 4) is 6.01 Å². The van der Waals surface area contributed by atoms with E-state index < -0.39 is 6.10 Å². The number of ether oxygens (including phenoxy) is 2. The number of nitrogens with one attached hydrogen (secondary N) is 1. The molecule has 0 aromatic carbocycles. The number of aromatic nitrogens is 2. The predicted molar refractivity (Wildman–Crippen MR) is 69.6 cm³/mol. The summed E-state index contributed by atoms with van der Waals surface area (Å²) in [6.45, 7) is 1.75. The zero-order valence-corrected chi connectivity index (χ0v) is 11.5. The molecule has 0 aliphatic carbocycles. The smallest absolute Gasteiger partial charge is 0.319 e. The molecule has 1 amide bonds. The lowest BCUT2D eigenvalue weighted by Crippen LogP contribution is -2.48. The van der Waals surface area contributed by atoms with Gasteiger partial charge in [-0.15, -0.1) is 0 Å². The number of nitrogens with zero attached hydrogens (tertiary/aromatic N) is 3. The summed E-state index contributed by atoms with van der Waals surface area (Å²) < 4.78 is 10.3. The molecule has 1 N–H and O–H groups in total. The minimum atomic E-state index is -0.515. The van der Waals surface area contributed by atoms with Crippen LogP contribution in [0.25, 0.3) is 0 Å². The largest absolute Gasteiger partial charge is 0.467 e. The number of anilines is 1. The maximum absolute atomic E-state index is 12.2. The minimum Gasteiger partial charge on any atom is -0.467 e. The summed E-state index contributed by atoms with van der Waals surface area (Å²) in [5, 5.41) is 3.31. The Morgan fingerprint density at radius 3 is 3.05 bits per heavy atom. The van der Waals surface area contributed by atoms with Crippen LogP contribution in [0.5, 0.6) is 6.01 Å². The van der Waals surface area contributed by atoms with Gasteiger partial charge in [0.2, 0.25) is 0 Å². The minimum absolute atomic E-state index is 0.116. The van der Waals surface area contributed by atoms with E-state index in [-0.39, 0.29) is 17.1 Å². The highest BCUT2D eigenvalue weighted by molar-refractivity contribution is 6.29. The second-order valence-corrected chi connectivity index (χ2v) is 4.38. The zero-order chi connectivity index (χ0) is 13.8. The second-order valence-electron chi connectivity index (χ2n) is 4.00. The van der Waals surface area contributed by atoms with E-state index in [4.69, 9.17) is 21.1 Å². The highest BCUT2D eigenvalue weighted by atomic mass is 35.5. The average molecular weight is 287 g/mol. The van der Waals surface area contributed by atoms with Gasteiger partial charge in [-0.05, 0) is 0 Å². The Bertz CT molecular complexity index is 465. The number of likely N-dealkylation sites (N-methyl/N-ethyl adjacent to an activating group) is 1. The van der Waals surface area contributed by atoms with E-state index in [0.29, 0.717) is 19.0 Å². The van der Waals surface area contributed by atoms with E-state index in [0.717, 1.165) is 6.54 Å². The Kier molecular flexibility index (Phi) is 4.52. The first-order valence-electron chi connectivity index (χ1n) is 5.80. The molecule has 1 fully saturated rings. The van der Waals surface area contributed by atoms with Crippen LogP contribution in [0.4, 0.5) is 5.82 Å². The maximum atomic E-state index is 12.2. The van der Waals surface area contributed by atoms with Crippen LogP contribution in [0.1, 0.15) is 0 Å². The fourth-order valence-corrected chi connectivity index (χ4v) is 1.87.